The van der Waals surface area contributed by atoms with Gasteiger partial charge in [-0.2, -0.15) is 5.10 Å². The molecule has 0 saturated carbocycles. The van der Waals surface area contributed by atoms with Crippen LogP contribution in [-0.4, -0.2) is 10.2 Å². The smallest absolute Gasteiger partial charge is 0.0927 e. The summed E-state index contributed by atoms with van der Waals surface area (Å²) in [5.41, 5.74) is 3.39. The molecule has 1 N–H and O–H groups in total. The SMILES string of the molecule is Cc1ccc2n[nH]c(/C=C/S(I)(I)I)c2c1. The Labute approximate surface area is 132 Å². The average Bonchev–Trinajstić information content (AvgIpc) is 2.56. The lowest BCUT2D eigenvalue weighted by molar-refractivity contribution is 1.11. The van der Waals surface area contributed by atoms with Crippen molar-refractivity contribution in [2.75, 3.05) is 0 Å². The van der Waals surface area contributed by atoms with Crippen LogP contribution in [0.3, 0.4) is 0 Å². The van der Waals surface area contributed by atoms with Crippen LogP contribution in [0.15, 0.2) is 23.6 Å². The number of aryl methyl sites for hydroxylation is 1. The van der Waals surface area contributed by atoms with Crippen molar-refractivity contribution < 1.29 is 0 Å². The summed E-state index contributed by atoms with van der Waals surface area (Å²) in [7, 11) is 0. The van der Waals surface area contributed by atoms with Crippen molar-refractivity contribution in [2.45, 2.75) is 6.92 Å². The van der Waals surface area contributed by atoms with E-state index in [1.54, 1.807) is 0 Å². The van der Waals surface area contributed by atoms with Gasteiger partial charge in [-0.1, -0.05) is 13.2 Å². The van der Waals surface area contributed by atoms with Gasteiger partial charge in [-0.05, 0) is 94.2 Å². The molecule has 2 aromatic rings. The van der Waals surface area contributed by atoms with E-state index in [4.69, 9.17) is 0 Å². The number of fused-ring (bicyclic) bond motifs is 1. The molecule has 0 bridgehead atoms. The highest BCUT2D eigenvalue weighted by atomic mass is 127. The van der Waals surface area contributed by atoms with E-state index in [1.807, 2.05) is 0 Å². The summed E-state index contributed by atoms with van der Waals surface area (Å²) in [5.74, 6) is 0. The van der Waals surface area contributed by atoms with E-state index in [2.05, 4.69) is 110 Å². The minimum atomic E-state index is -0.697. The number of aromatic nitrogens is 2. The Morgan fingerprint density at radius 3 is 2.75 bits per heavy atom. The minimum Gasteiger partial charge on any atom is -0.277 e. The molecule has 86 valence electrons. The second kappa shape index (κ2) is 5.31. The van der Waals surface area contributed by atoms with E-state index in [9.17, 15) is 0 Å². The van der Waals surface area contributed by atoms with Gasteiger partial charge >= 0.3 is 0 Å². The molecular formula is C10H9I3N2S. The van der Waals surface area contributed by atoms with E-state index in [1.165, 1.54) is 10.9 Å². The fourth-order valence-corrected chi connectivity index (χ4v) is 3.03. The van der Waals surface area contributed by atoms with Crippen molar-refractivity contribution in [2.24, 2.45) is 0 Å². The average molecular weight is 570 g/mol. The molecule has 0 amide bonds. The maximum absolute atomic E-state index is 4.29. The predicted molar refractivity (Wildman–Crippen MR) is 99.5 cm³/mol. The normalized spacial score (nSPS) is 13.8. The molecule has 16 heavy (non-hydrogen) atoms. The lowest BCUT2D eigenvalue weighted by Gasteiger charge is -2.09. The highest BCUT2D eigenvalue weighted by molar-refractivity contribution is 14.5. The molecule has 1 aromatic heterocycles. The van der Waals surface area contributed by atoms with Crippen LogP contribution in [0.1, 0.15) is 11.3 Å². The first-order chi connectivity index (χ1) is 7.46. The Morgan fingerprint density at radius 1 is 1.31 bits per heavy atom. The van der Waals surface area contributed by atoms with Crippen molar-refractivity contribution in [3.05, 3.63) is 34.9 Å². The minimum absolute atomic E-state index is 0.697. The fraction of sp³-hybridized carbons (Fsp3) is 0.100. The topological polar surface area (TPSA) is 28.7 Å². The van der Waals surface area contributed by atoms with E-state index in [0.29, 0.717) is 0 Å². The number of hydrogen-bond acceptors (Lipinski definition) is 1. The highest BCUT2D eigenvalue weighted by Gasteiger charge is 2.07. The maximum Gasteiger partial charge on any atom is 0.0927 e. The molecule has 0 unspecified atom stereocenters. The maximum atomic E-state index is 4.29. The number of aromatic amines is 1. The molecule has 0 aliphatic rings. The summed E-state index contributed by atoms with van der Waals surface area (Å²) >= 11 is 7.40. The first-order valence-electron chi connectivity index (χ1n) is 4.51. The summed E-state index contributed by atoms with van der Waals surface area (Å²) < 4.78 is -0.697. The first-order valence-corrected chi connectivity index (χ1v) is 13.8. The van der Waals surface area contributed by atoms with Gasteiger partial charge in [0.2, 0.25) is 0 Å². The van der Waals surface area contributed by atoms with Crippen LogP contribution in [0.25, 0.3) is 17.0 Å². The van der Waals surface area contributed by atoms with Gasteiger partial charge in [0.1, 0.15) is 0 Å². The standard InChI is InChI=1S/C10H9I3N2S/c1-7-2-3-9-8(6-7)10(15-14-9)4-5-16(11,12)13/h2-6H,1H3,(H,14,15)/b5-4+. The molecule has 1 heterocycles. The Morgan fingerprint density at radius 2 is 2.06 bits per heavy atom. The molecule has 2 nitrogen and oxygen atoms in total. The molecule has 0 spiro atoms. The number of halogens is 3. The van der Waals surface area contributed by atoms with E-state index in [-0.39, 0.29) is 0 Å². The van der Waals surface area contributed by atoms with Crippen LogP contribution in [0, 0.1) is 6.92 Å². The number of nitrogens with one attached hydrogen (secondary N) is 1. The van der Waals surface area contributed by atoms with Gasteiger partial charge in [0, 0.05) is 5.39 Å². The summed E-state index contributed by atoms with van der Waals surface area (Å²) in [4.78, 5) is 0. The zero-order valence-corrected chi connectivity index (χ0v) is 15.7. The Hall–Kier alpha value is 0.970. The summed E-state index contributed by atoms with van der Waals surface area (Å²) in [5, 5.41) is 10.8. The zero-order valence-electron chi connectivity index (χ0n) is 8.38. The van der Waals surface area contributed by atoms with Gasteiger partial charge in [-0.15, -0.1) is 0 Å². The van der Waals surface area contributed by atoms with E-state index in [0.717, 1.165) is 11.2 Å². The van der Waals surface area contributed by atoms with Crippen LogP contribution < -0.4 is 0 Å². The fourth-order valence-electron chi connectivity index (χ4n) is 1.42. The van der Waals surface area contributed by atoms with Crippen LogP contribution in [0.2, 0.25) is 0 Å². The Balaban J connectivity index is 2.46. The van der Waals surface area contributed by atoms with Crippen molar-refractivity contribution in [3.63, 3.8) is 0 Å². The van der Waals surface area contributed by atoms with Gasteiger partial charge in [0.15, 0.2) is 0 Å². The van der Waals surface area contributed by atoms with E-state index < -0.39 is 1.54 Å². The molecule has 0 aliphatic carbocycles. The number of rotatable bonds is 2. The lowest BCUT2D eigenvalue weighted by atomic mass is 10.1. The van der Waals surface area contributed by atoms with Gasteiger partial charge in [0.25, 0.3) is 0 Å². The third kappa shape index (κ3) is 3.48. The van der Waals surface area contributed by atoms with Gasteiger partial charge in [-0.25, -0.2) is 0 Å². The number of nitrogens with zero attached hydrogens (tertiary/aromatic N) is 1. The van der Waals surface area contributed by atoms with Gasteiger partial charge < -0.3 is 0 Å². The number of H-pyrrole nitrogens is 1. The molecule has 0 saturated heterocycles. The largest absolute Gasteiger partial charge is 0.277 e. The van der Waals surface area contributed by atoms with Gasteiger partial charge in [0.05, 0.1) is 11.2 Å². The van der Waals surface area contributed by atoms with Crippen molar-refractivity contribution >= 4 is 82.1 Å². The lowest BCUT2D eigenvalue weighted by Crippen LogP contribution is -1.74. The van der Waals surface area contributed by atoms with Gasteiger partial charge in [-0.3, -0.25) is 5.10 Å². The van der Waals surface area contributed by atoms with Crippen molar-refractivity contribution in [3.8, 4) is 0 Å². The van der Waals surface area contributed by atoms with Crippen molar-refractivity contribution in [1.29, 1.82) is 0 Å². The molecule has 6 heteroatoms. The summed E-state index contributed by atoms with van der Waals surface area (Å²) in [6.45, 7) is 2.10. The van der Waals surface area contributed by atoms with Crippen LogP contribution in [-0.2, 0) is 0 Å². The Bertz CT molecular complexity index is 542. The first kappa shape index (κ1) is 13.4. The summed E-state index contributed by atoms with van der Waals surface area (Å²) in [6.07, 6.45) is 2.13. The molecule has 1 aromatic carbocycles. The molecular weight excluding hydrogens is 561 g/mol. The third-order valence-electron chi connectivity index (χ3n) is 2.13. The van der Waals surface area contributed by atoms with E-state index >= 15 is 0 Å². The van der Waals surface area contributed by atoms with Crippen LogP contribution in [0.5, 0.6) is 0 Å². The van der Waals surface area contributed by atoms with Crippen LogP contribution >= 0.6 is 65.2 Å². The van der Waals surface area contributed by atoms with Crippen molar-refractivity contribution in [1.82, 2.24) is 10.2 Å². The predicted octanol–water partition coefficient (Wildman–Crippen LogP) is 5.70. The number of hydrogen-bond donors (Lipinski definition) is 1. The Kier molecular flexibility index (Phi) is 4.45. The zero-order chi connectivity index (χ0) is 11.8. The molecule has 0 aliphatic heterocycles. The monoisotopic (exact) mass is 570 g/mol. The molecule has 0 atom stereocenters. The summed E-state index contributed by atoms with van der Waals surface area (Å²) in [6, 6.07) is 6.31. The number of benzene rings is 1. The van der Waals surface area contributed by atoms with Crippen LogP contribution in [0.4, 0.5) is 0 Å². The second-order valence-corrected chi connectivity index (χ2v) is 32.2. The molecule has 2 rings (SSSR count). The quantitative estimate of drug-likeness (QED) is 0.462. The highest BCUT2D eigenvalue weighted by Crippen LogP contribution is 2.72. The molecule has 0 fully saturated rings. The third-order valence-corrected chi connectivity index (χ3v) is 5.22. The molecule has 0 radical (unpaired) electrons. The second-order valence-electron chi connectivity index (χ2n) is 3.40.